The van der Waals surface area contributed by atoms with Crippen molar-refractivity contribution in [2.75, 3.05) is 19.6 Å². The molecule has 0 bridgehead atoms. The number of hydrogen-bond acceptors (Lipinski definition) is 5. The van der Waals surface area contributed by atoms with Crippen molar-refractivity contribution >= 4 is 28.1 Å². The lowest BCUT2D eigenvalue weighted by atomic mass is 10.1. The van der Waals surface area contributed by atoms with Gasteiger partial charge in [0.15, 0.2) is 4.96 Å². The molecule has 1 unspecified atom stereocenters. The van der Waals surface area contributed by atoms with Crippen LogP contribution in [-0.2, 0) is 16.0 Å². The van der Waals surface area contributed by atoms with Gasteiger partial charge in [0.1, 0.15) is 6.04 Å². The highest BCUT2D eigenvalue weighted by molar-refractivity contribution is 7.15. The Hall–Kier alpha value is -1.93. The van der Waals surface area contributed by atoms with Crippen molar-refractivity contribution in [1.82, 2.24) is 24.9 Å². The van der Waals surface area contributed by atoms with Gasteiger partial charge in [-0.25, -0.2) is 4.98 Å². The number of fused-ring (bicyclic) bond motifs is 1. The Morgan fingerprint density at radius 2 is 2.30 bits per heavy atom. The molecule has 1 saturated heterocycles. The first-order chi connectivity index (χ1) is 11.2. The van der Waals surface area contributed by atoms with Gasteiger partial charge < -0.3 is 15.5 Å². The Bertz CT molecular complexity index is 707. The van der Waals surface area contributed by atoms with E-state index < -0.39 is 6.04 Å². The number of rotatable bonds is 4. The van der Waals surface area contributed by atoms with Crippen LogP contribution in [0.25, 0.3) is 4.96 Å². The summed E-state index contributed by atoms with van der Waals surface area (Å²) in [7, 11) is 0. The molecule has 1 saturated carbocycles. The normalized spacial score (nSPS) is 21.6. The highest BCUT2D eigenvalue weighted by atomic mass is 32.1. The number of piperazine rings is 1. The SMILES string of the molecule is O=C(NC1CC1)C1CNCCN1C(=O)Cc1cn2ccsc2n1. The fraction of sp³-hybridized carbons (Fsp3) is 0.533. The molecule has 0 radical (unpaired) electrons. The predicted octanol–water partition coefficient (Wildman–Crippen LogP) is 0.0173. The Labute approximate surface area is 137 Å². The molecule has 0 aromatic carbocycles. The third kappa shape index (κ3) is 3.09. The van der Waals surface area contributed by atoms with Crippen LogP contribution in [0.1, 0.15) is 18.5 Å². The van der Waals surface area contributed by atoms with Crippen LogP contribution < -0.4 is 10.6 Å². The number of carbonyl (C=O) groups is 2. The maximum absolute atomic E-state index is 12.7. The van der Waals surface area contributed by atoms with Crippen molar-refractivity contribution in [2.45, 2.75) is 31.3 Å². The first-order valence-electron chi connectivity index (χ1n) is 7.92. The summed E-state index contributed by atoms with van der Waals surface area (Å²) >= 11 is 1.54. The lowest BCUT2D eigenvalue weighted by molar-refractivity contribution is -0.141. The molecule has 122 valence electrons. The van der Waals surface area contributed by atoms with Crippen LogP contribution in [0.4, 0.5) is 0 Å². The van der Waals surface area contributed by atoms with Crippen LogP contribution in [0.15, 0.2) is 17.8 Å². The van der Waals surface area contributed by atoms with Crippen molar-refractivity contribution in [3.05, 3.63) is 23.5 Å². The smallest absolute Gasteiger partial charge is 0.244 e. The molecule has 2 N–H and O–H groups in total. The van der Waals surface area contributed by atoms with Gasteiger partial charge in [0.05, 0.1) is 12.1 Å². The molecular weight excluding hydrogens is 314 g/mol. The van der Waals surface area contributed by atoms with E-state index in [0.717, 1.165) is 30.0 Å². The molecule has 7 nitrogen and oxygen atoms in total. The summed E-state index contributed by atoms with van der Waals surface area (Å²) < 4.78 is 1.92. The summed E-state index contributed by atoms with van der Waals surface area (Å²) in [5.74, 6) is -0.0768. The number of amides is 2. The summed E-state index contributed by atoms with van der Waals surface area (Å²) in [6, 6.07) is -0.109. The van der Waals surface area contributed by atoms with Crippen molar-refractivity contribution in [1.29, 1.82) is 0 Å². The molecule has 1 aliphatic heterocycles. The highest BCUT2D eigenvalue weighted by Gasteiger charge is 2.34. The van der Waals surface area contributed by atoms with Gasteiger partial charge in [-0.3, -0.25) is 14.0 Å². The number of nitrogens with zero attached hydrogens (tertiary/aromatic N) is 3. The number of hydrogen-bond donors (Lipinski definition) is 2. The molecule has 2 aromatic heterocycles. The lowest BCUT2D eigenvalue weighted by Crippen LogP contribution is -2.60. The molecule has 2 aliphatic rings. The Morgan fingerprint density at radius 3 is 3.09 bits per heavy atom. The quantitative estimate of drug-likeness (QED) is 0.827. The van der Waals surface area contributed by atoms with Crippen LogP contribution in [0, 0.1) is 0 Å². The highest BCUT2D eigenvalue weighted by Crippen LogP contribution is 2.19. The number of aromatic nitrogens is 2. The van der Waals surface area contributed by atoms with Crippen LogP contribution in [0.5, 0.6) is 0 Å². The monoisotopic (exact) mass is 333 g/mol. The van der Waals surface area contributed by atoms with Crippen LogP contribution in [0.2, 0.25) is 0 Å². The Morgan fingerprint density at radius 1 is 1.43 bits per heavy atom. The first kappa shape index (κ1) is 14.6. The number of carbonyl (C=O) groups excluding carboxylic acids is 2. The average Bonchev–Trinajstić information content (AvgIpc) is 3.11. The molecule has 2 amide bonds. The van der Waals surface area contributed by atoms with Gasteiger partial charge in [-0.1, -0.05) is 0 Å². The molecule has 2 aromatic rings. The summed E-state index contributed by atoms with van der Waals surface area (Å²) in [5.41, 5.74) is 0.752. The van der Waals surface area contributed by atoms with Gasteiger partial charge in [-0.15, -0.1) is 11.3 Å². The molecule has 1 atom stereocenters. The van der Waals surface area contributed by atoms with E-state index in [1.165, 1.54) is 0 Å². The largest absolute Gasteiger partial charge is 0.352 e. The van der Waals surface area contributed by atoms with Crippen LogP contribution >= 0.6 is 11.3 Å². The third-order valence-corrected chi connectivity index (χ3v) is 5.04. The molecule has 3 heterocycles. The van der Waals surface area contributed by atoms with E-state index in [-0.39, 0.29) is 18.2 Å². The van der Waals surface area contributed by atoms with Crippen molar-refractivity contribution in [3.8, 4) is 0 Å². The van der Waals surface area contributed by atoms with E-state index >= 15 is 0 Å². The zero-order chi connectivity index (χ0) is 15.8. The predicted molar refractivity (Wildman–Crippen MR) is 86.3 cm³/mol. The summed E-state index contributed by atoms with van der Waals surface area (Å²) in [4.78, 5) is 32.0. The molecule has 23 heavy (non-hydrogen) atoms. The van der Waals surface area contributed by atoms with E-state index in [2.05, 4.69) is 15.6 Å². The number of thiazole rings is 1. The number of imidazole rings is 1. The van der Waals surface area contributed by atoms with E-state index in [0.29, 0.717) is 19.1 Å². The first-order valence-corrected chi connectivity index (χ1v) is 8.80. The second-order valence-corrected chi connectivity index (χ2v) is 6.96. The maximum Gasteiger partial charge on any atom is 0.244 e. The minimum atomic E-state index is -0.416. The van der Waals surface area contributed by atoms with Crippen molar-refractivity contribution in [2.24, 2.45) is 0 Å². The summed E-state index contributed by atoms with van der Waals surface area (Å²) in [6.07, 6.45) is 6.14. The lowest BCUT2D eigenvalue weighted by Gasteiger charge is -2.35. The molecule has 1 aliphatic carbocycles. The van der Waals surface area contributed by atoms with Gasteiger partial charge in [-0.2, -0.15) is 0 Å². The van der Waals surface area contributed by atoms with Crippen LogP contribution in [-0.4, -0.2) is 57.8 Å². The molecule has 4 rings (SSSR count). The van der Waals surface area contributed by atoms with Gasteiger partial charge in [-0.05, 0) is 12.8 Å². The molecule has 2 fully saturated rings. The molecule has 0 spiro atoms. The average molecular weight is 333 g/mol. The van der Waals surface area contributed by atoms with E-state index in [4.69, 9.17) is 0 Å². The second kappa shape index (κ2) is 5.93. The fourth-order valence-corrected chi connectivity index (χ4v) is 3.60. The molecule has 8 heteroatoms. The summed E-state index contributed by atoms with van der Waals surface area (Å²) in [6.45, 7) is 1.80. The fourth-order valence-electron chi connectivity index (χ4n) is 2.88. The van der Waals surface area contributed by atoms with Crippen molar-refractivity contribution < 1.29 is 9.59 Å². The minimum absolute atomic E-state index is 0.0341. The summed E-state index contributed by atoms with van der Waals surface area (Å²) in [5, 5.41) is 8.16. The van der Waals surface area contributed by atoms with Gasteiger partial charge >= 0.3 is 0 Å². The van der Waals surface area contributed by atoms with E-state index in [1.807, 2.05) is 22.2 Å². The van der Waals surface area contributed by atoms with Gasteiger partial charge in [0, 0.05) is 43.4 Å². The standard InChI is InChI=1S/C15H19N5O2S/c21-13(7-11-9-19-5-6-23-15(19)18-11)20-4-3-16-8-12(20)14(22)17-10-1-2-10/h5-6,9-10,12,16H,1-4,7-8H2,(H,17,22). The van der Waals surface area contributed by atoms with Crippen LogP contribution in [0.3, 0.4) is 0 Å². The van der Waals surface area contributed by atoms with E-state index in [9.17, 15) is 9.59 Å². The van der Waals surface area contributed by atoms with Crippen molar-refractivity contribution in [3.63, 3.8) is 0 Å². The van der Waals surface area contributed by atoms with Gasteiger partial charge in [0.25, 0.3) is 0 Å². The zero-order valence-electron chi connectivity index (χ0n) is 12.7. The Kier molecular flexibility index (Phi) is 3.78. The molecular formula is C15H19N5O2S. The van der Waals surface area contributed by atoms with Gasteiger partial charge in [0.2, 0.25) is 11.8 Å². The minimum Gasteiger partial charge on any atom is -0.352 e. The zero-order valence-corrected chi connectivity index (χ0v) is 13.5. The number of nitrogens with one attached hydrogen (secondary N) is 2. The Balaban J connectivity index is 1.45. The topological polar surface area (TPSA) is 78.7 Å². The maximum atomic E-state index is 12.7. The third-order valence-electron chi connectivity index (χ3n) is 4.27. The van der Waals surface area contributed by atoms with E-state index in [1.54, 1.807) is 16.2 Å². The second-order valence-electron chi connectivity index (χ2n) is 6.09.